The third kappa shape index (κ3) is 3.81. The number of para-hydroxylation sites is 1. The first kappa shape index (κ1) is 19.7. The van der Waals surface area contributed by atoms with Gasteiger partial charge >= 0.3 is 0 Å². The van der Waals surface area contributed by atoms with Gasteiger partial charge in [-0.15, -0.1) is 10.2 Å². The molecule has 5 nitrogen and oxygen atoms in total. The van der Waals surface area contributed by atoms with E-state index in [2.05, 4.69) is 55.2 Å². The summed E-state index contributed by atoms with van der Waals surface area (Å²) < 4.78 is 3.79. The highest BCUT2D eigenvalue weighted by Gasteiger charge is 2.16. The van der Waals surface area contributed by atoms with Gasteiger partial charge in [0.15, 0.2) is 5.16 Å². The smallest absolute Gasteiger partial charge is 0.262 e. The van der Waals surface area contributed by atoms with E-state index in [1.165, 1.54) is 11.1 Å². The summed E-state index contributed by atoms with van der Waals surface area (Å²) in [7, 11) is 0. The molecule has 0 aliphatic heterocycles. The molecule has 0 spiro atoms. The number of hydrogen-bond donors (Lipinski definition) is 0. The highest BCUT2D eigenvalue weighted by atomic mass is 32.2. The second-order valence-corrected chi connectivity index (χ2v) is 8.57. The number of rotatable bonds is 7. The quantitative estimate of drug-likeness (QED) is 0.393. The summed E-state index contributed by atoms with van der Waals surface area (Å²) in [5.41, 5.74) is 3.47. The largest absolute Gasteiger partial charge is 0.276 e. The first-order valence-corrected chi connectivity index (χ1v) is 11.2. The van der Waals surface area contributed by atoms with Crippen LogP contribution in [0.3, 0.4) is 0 Å². The molecule has 0 saturated heterocycles. The van der Waals surface area contributed by atoms with E-state index in [9.17, 15) is 4.79 Å². The molecule has 2 heterocycles. The molecule has 150 valence electrons. The molecule has 0 unspecified atom stereocenters. The minimum atomic E-state index is 0.00905. The molecule has 0 bridgehead atoms. The van der Waals surface area contributed by atoms with Gasteiger partial charge in [-0.3, -0.25) is 13.8 Å². The maximum absolute atomic E-state index is 13.0. The molecule has 29 heavy (non-hydrogen) atoms. The summed E-state index contributed by atoms with van der Waals surface area (Å²) in [6, 6.07) is 16.5. The lowest BCUT2D eigenvalue weighted by Gasteiger charge is -2.11. The zero-order chi connectivity index (χ0) is 20.4. The molecular weight excluding hydrogens is 380 g/mol. The SMILES string of the molecule is CCCCn1c(=O)c2ccccc2n2c(SCc3ccc(C(C)C)cc3)nnc12. The van der Waals surface area contributed by atoms with Crippen LogP contribution in [0.25, 0.3) is 16.7 Å². The average molecular weight is 407 g/mol. The van der Waals surface area contributed by atoms with E-state index in [0.29, 0.717) is 23.6 Å². The monoisotopic (exact) mass is 406 g/mol. The fraction of sp³-hybridized carbons (Fsp3) is 0.348. The standard InChI is InChI=1S/C23H26N4OS/c1-4-5-14-26-21(28)19-8-6-7-9-20(19)27-22(26)24-25-23(27)29-15-17-10-12-18(13-11-17)16(2)3/h6-13,16H,4-5,14-15H2,1-3H3. The van der Waals surface area contributed by atoms with Crippen LogP contribution in [0.4, 0.5) is 0 Å². The molecule has 4 aromatic rings. The van der Waals surface area contributed by atoms with E-state index in [1.807, 2.05) is 28.7 Å². The summed E-state index contributed by atoms with van der Waals surface area (Å²) >= 11 is 1.65. The molecule has 0 atom stereocenters. The van der Waals surface area contributed by atoms with Crippen LogP contribution in [0.2, 0.25) is 0 Å². The topological polar surface area (TPSA) is 52.2 Å². The van der Waals surface area contributed by atoms with Crippen LogP contribution in [0, 0.1) is 0 Å². The molecule has 0 radical (unpaired) electrons. The summed E-state index contributed by atoms with van der Waals surface area (Å²) in [5, 5.41) is 10.3. The van der Waals surface area contributed by atoms with Crippen LogP contribution < -0.4 is 5.56 Å². The van der Waals surface area contributed by atoms with Crippen molar-refractivity contribution in [3.63, 3.8) is 0 Å². The van der Waals surface area contributed by atoms with Gasteiger partial charge in [0.1, 0.15) is 0 Å². The molecule has 4 rings (SSSR count). The Morgan fingerprint density at radius 2 is 1.79 bits per heavy atom. The van der Waals surface area contributed by atoms with E-state index in [1.54, 1.807) is 16.3 Å². The third-order valence-electron chi connectivity index (χ3n) is 5.23. The van der Waals surface area contributed by atoms with Crippen molar-refractivity contribution in [2.75, 3.05) is 0 Å². The van der Waals surface area contributed by atoms with Gasteiger partial charge < -0.3 is 0 Å². The minimum Gasteiger partial charge on any atom is -0.276 e. The fourth-order valence-corrected chi connectivity index (χ4v) is 4.39. The second-order valence-electron chi connectivity index (χ2n) is 7.63. The maximum Gasteiger partial charge on any atom is 0.262 e. The molecular formula is C23H26N4OS. The predicted molar refractivity (Wildman–Crippen MR) is 120 cm³/mol. The van der Waals surface area contributed by atoms with Gasteiger partial charge in [0.2, 0.25) is 5.78 Å². The van der Waals surface area contributed by atoms with Crippen LogP contribution in [-0.2, 0) is 12.3 Å². The number of aromatic nitrogens is 4. The van der Waals surface area contributed by atoms with E-state index >= 15 is 0 Å². The van der Waals surface area contributed by atoms with Crippen molar-refractivity contribution in [1.29, 1.82) is 0 Å². The van der Waals surface area contributed by atoms with Crippen LogP contribution in [-0.4, -0.2) is 19.2 Å². The van der Waals surface area contributed by atoms with Crippen molar-refractivity contribution in [1.82, 2.24) is 19.2 Å². The molecule has 0 fully saturated rings. The summed E-state index contributed by atoms with van der Waals surface area (Å²) in [6.45, 7) is 7.19. The summed E-state index contributed by atoms with van der Waals surface area (Å²) in [4.78, 5) is 13.0. The van der Waals surface area contributed by atoms with Gasteiger partial charge in [-0.25, -0.2) is 0 Å². The van der Waals surface area contributed by atoms with Crippen LogP contribution in [0.1, 0.15) is 50.7 Å². The zero-order valence-corrected chi connectivity index (χ0v) is 17.9. The van der Waals surface area contributed by atoms with Gasteiger partial charge in [-0.1, -0.05) is 75.4 Å². The Labute approximate surface area is 174 Å². The molecule has 2 aromatic heterocycles. The molecule has 2 aromatic carbocycles. The van der Waals surface area contributed by atoms with Crippen molar-refractivity contribution in [3.8, 4) is 0 Å². The Morgan fingerprint density at radius 1 is 1.03 bits per heavy atom. The van der Waals surface area contributed by atoms with Crippen LogP contribution >= 0.6 is 11.8 Å². The Bertz CT molecular complexity index is 1190. The maximum atomic E-state index is 13.0. The van der Waals surface area contributed by atoms with Crippen molar-refractivity contribution >= 4 is 28.4 Å². The Kier molecular flexibility index (Phi) is 5.72. The van der Waals surface area contributed by atoms with Gasteiger partial charge in [0.05, 0.1) is 10.9 Å². The number of thioether (sulfide) groups is 1. The first-order chi connectivity index (χ1) is 14.1. The third-order valence-corrected chi connectivity index (χ3v) is 6.23. The lowest BCUT2D eigenvalue weighted by atomic mass is 10.0. The highest BCUT2D eigenvalue weighted by molar-refractivity contribution is 7.98. The number of benzene rings is 2. The molecule has 0 amide bonds. The predicted octanol–water partition coefficient (Wildman–Crippen LogP) is 5.26. The van der Waals surface area contributed by atoms with E-state index in [-0.39, 0.29) is 5.56 Å². The van der Waals surface area contributed by atoms with E-state index in [0.717, 1.165) is 29.3 Å². The normalized spacial score (nSPS) is 11.7. The van der Waals surface area contributed by atoms with Crippen LogP contribution in [0.5, 0.6) is 0 Å². The fourth-order valence-electron chi connectivity index (χ4n) is 3.49. The van der Waals surface area contributed by atoms with Crippen molar-refractivity contribution in [3.05, 3.63) is 70.0 Å². The molecule has 0 saturated carbocycles. The molecule has 0 N–H and O–H groups in total. The first-order valence-electron chi connectivity index (χ1n) is 10.2. The number of hydrogen-bond acceptors (Lipinski definition) is 4. The second kappa shape index (κ2) is 8.41. The van der Waals surface area contributed by atoms with E-state index < -0.39 is 0 Å². The number of nitrogens with zero attached hydrogens (tertiary/aromatic N) is 4. The van der Waals surface area contributed by atoms with Crippen molar-refractivity contribution < 1.29 is 0 Å². The molecule has 6 heteroatoms. The number of aryl methyl sites for hydroxylation is 1. The lowest BCUT2D eigenvalue weighted by molar-refractivity contribution is 0.620. The minimum absolute atomic E-state index is 0.00905. The van der Waals surface area contributed by atoms with Crippen LogP contribution in [0.15, 0.2) is 58.5 Å². The van der Waals surface area contributed by atoms with Crippen molar-refractivity contribution in [2.45, 2.75) is 57.0 Å². The number of unbranched alkanes of at least 4 members (excludes halogenated alkanes) is 1. The Hall–Kier alpha value is -2.60. The Balaban J connectivity index is 1.73. The molecule has 0 aliphatic rings. The van der Waals surface area contributed by atoms with Gasteiger partial charge in [0.25, 0.3) is 5.56 Å². The van der Waals surface area contributed by atoms with Gasteiger partial charge in [-0.05, 0) is 35.6 Å². The lowest BCUT2D eigenvalue weighted by Crippen LogP contribution is -2.23. The molecule has 0 aliphatic carbocycles. The highest BCUT2D eigenvalue weighted by Crippen LogP contribution is 2.25. The zero-order valence-electron chi connectivity index (χ0n) is 17.1. The van der Waals surface area contributed by atoms with Gasteiger partial charge in [-0.2, -0.15) is 0 Å². The van der Waals surface area contributed by atoms with Crippen molar-refractivity contribution in [2.24, 2.45) is 0 Å². The number of fused-ring (bicyclic) bond motifs is 3. The summed E-state index contributed by atoms with van der Waals surface area (Å²) in [5.74, 6) is 1.96. The summed E-state index contributed by atoms with van der Waals surface area (Å²) in [6.07, 6.45) is 1.96. The average Bonchev–Trinajstić information content (AvgIpc) is 3.16. The van der Waals surface area contributed by atoms with Gasteiger partial charge in [0, 0.05) is 12.3 Å². The van der Waals surface area contributed by atoms with E-state index in [4.69, 9.17) is 0 Å². The Morgan fingerprint density at radius 3 is 2.52 bits per heavy atom.